The smallest absolute Gasteiger partial charge is 0.0597 e. The second-order valence-corrected chi connectivity index (χ2v) is 5.31. The van der Waals surface area contributed by atoms with Gasteiger partial charge in [0.1, 0.15) is 0 Å². The highest BCUT2D eigenvalue weighted by Crippen LogP contribution is 2.28. The van der Waals surface area contributed by atoms with Crippen LogP contribution < -0.4 is 10.2 Å². The van der Waals surface area contributed by atoms with Gasteiger partial charge in [-0.15, -0.1) is 0 Å². The van der Waals surface area contributed by atoms with E-state index in [4.69, 9.17) is 0 Å². The first kappa shape index (κ1) is 13.0. The third kappa shape index (κ3) is 3.26. The molecule has 0 bridgehead atoms. The highest BCUT2D eigenvalue weighted by atomic mass is 79.9. The van der Waals surface area contributed by atoms with Gasteiger partial charge in [0.05, 0.1) is 11.4 Å². The Labute approximate surface area is 117 Å². The summed E-state index contributed by atoms with van der Waals surface area (Å²) >= 11 is 3.51. The lowest BCUT2D eigenvalue weighted by molar-refractivity contribution is 1.10. The van der Waals surface area contributed by atoms with Crippen LogP contribution in [0.4, 0.5) is 11.4 Å². The summed E-state index contributed by atoms with van der Waals surface area (Å²) in [6.07, 6.45) is 0. The average molecular weight is 305 g/mol. The maximum Gasteiger partial charge on any atom is 0.0597 e. The highest BCUT2D eigenvalue weighted by Gasteiger charge is 2.04. The summed E-state index contributed by atoms with van der Waals surface area (Å²) in [4.78, 5) is 2.11. The lowest BCUT2D eigenvalue weighted by Gasteiger charge is -2.19. The van der Waals surface area contributed by atoms with Gasteiger partial charge in [0, 0.05) is 25.1 Å². The van der Waals surface area contributed by atoms with Crippen LogP contribution in [-0.2, 0) is 6.54 Å². The first-order valence-corrected chi connectivity index (χ1v) is 6.71. The summed E-state index contributed by atoms with van der Waals surface area (Å²) in [5, 5.41) is 3.48. The van der Waals surface area contributed by atoms with Crippen molar-refractivity contribution >= 4 is 27.3 Å². The molecule has 3 heteroatoms. The van der Waals surface area contributed by atoms with E-state index in [1.165, 1.54) is 11.3 Å². The topological polar surface area (TPSA) is 15.3 Å². The van der Waals surface area contributed by atoms with E-state index in [2.05, 4.69) is 82.7 Å². The molecule has 0 fully saturated rings. The summed E-state index contributed by atoms with van der Waals surface area (Å²) in [7, 11) is 4.11. The van der Waals surface area contributed by atoms with E-state index < -0.39 is 0 Å². The van der Waals surface area contributed by atoms with E-state index in [1.807, 2.05) is 6.07 Å². The molecule has 0 aliphatic rings. The molecular formula is C15H17BrN2. The maximum absolute atomic E-state index is 3.51. The van der Waals surface area contributed by atoms with Gasteiger partial charge in [-0.2, -0.15) is 0 Å². The van der Waals surface area contributed by atoms with E-state index in [1.54, 1.807) is 0 Å². The number of hydrogen-bond acceptors (Lipinski definition) is 2. The summed E-state index contributed by atoms with van der Waals surface area (Å²) in [5.41, 5.74) is 3.61. The van der Waals surface area contributed by atoms with Gasteiger partial charge in [0.2, 0.25) is 0 Å². The molecular weight excluding hydrogens is 288 g/mol. The van der Waals surface area contributed by atoms with Gasteiger partial charge in [-0.1, -0.05) is 46.3 Å². The summed E-state index contributed by atoms with van der Waals surface area (Å²) in [6.45, 7) is 0.831. The van der Waals surface area contributed by atoms with Crippen molar-refractivity contribution < 1.29 is 0 Å². The first-order valence-electron chi connectivity index (χ1n) is 5.91. The number of nitrogens with one attached hydrogen (secondary N) is 1. The van der Waals surface area contributed by atoms with Gasteiger partial charge < -0.3 is 10.2 Å². The molecule has 0 radical (unpaired) electrons. The van der Waals surface area contributed by atoms with Gasteiger partial charge in [0.25, 0.3) is 0 Å². The Morgan fingerprint density at radius 3 is 2.44 bits per heavy atom. The zero-order valence-electron chi connectivity index (χ0n) is 10.7. The van der Waals surface area contributed by atoms with Crippen LogP contribution in [0, 0.1) is 0 Å². The molecule has 0 amide bonds. The summed E-state index contributed by atoms with van der Waals surface area (Å²) in [6, 6.07) is 16.7. The number of nitrogens with zero attached hydrogens (tertiary/aromatic N) is 1. The lowest BCUT2D eigenvalue weighted by atomic mass is 10.2. The minimum absolute atomic E-state index is 0.831. The molecule has 2 aromatic rings. The molecule has 0 atom stereocenters. The Morgan fingerprint density at radius 2 is 1.78 bits per heavy atom. The molecule has 94 valence electrons. The number of hydrogen-bond donors (Lipinski definition) is 1. The van der Waals surface area contributed by atoms with Crippen molar-refractivity contribution in [1.82, 2.24) is 0 Å². The number of rotatable bonds is 4. The fraction of sp³-hybridized carbons (Fsp3) is 0.200. The van der Waals surface area contributed by atoms with Crippen LogP contribution in [0.15, 0.2) is 53.0 Å². The zero-order valence-corrected chi connectivity index (χ0v) is 12.2. The van der Waals surface area contributed by atoms with Gasteiger partial charge >= 0.3 is 0 Å². The molecule has 0 aliphatic heterocycles. The van der Waals surface area contributed by atoms with Crippen LogP contribution in [0.25, 0.3) is 0 Å². The fourth-order valence-corrected chi connectivity index (χ4v) is 2.19. The normalized spacial score (nSPS) is 10.2. The maximum atomic E-state index is 3.51. The molecule has 0 heterocycles. The van der Waals surface area contributed by atoms with Crippen molar-refractivity contribution in [2.24, 2.45) is 0 Å². The fourth-order valence-electron chi connectivity index (χ4n) is 1.83. The second-order valence-electron chi connectivity index (χ2n) is 4.40. The molecule has 2 rings (SSSR count). The zero-order chi connectivity index (χ0) is 13.0. The van der Waals surface area contributed by atoms with E-state index in [0.717, 1.165) is 16.7 Å². The number of benzene rings is 2. The van der Waals surface area contributed by atoms with Gasteiger partial charge in [-0.25, -0.2) is 0 Å². The minimum atomic E-state index is 0.831. The summed E-state index contributed by atoms with van der Waals surface area (Å²) < 4.78 is 1.09. The molecule has 0 aromatic heterocycles. The van der Waals surface area contributed by atoms with Gasteiger partial charge in [0.15, 0.2) is 0 Å². The van der Waals surface area contributed by atoms with Crippen LogP contribution in [0.2, 0.25) is 0 Å². The SMILES string of the molecule is CN(C)c1ccc(Br)cc1NCc1ccccc1. The van der Waals surface area contributed by atoms with Crippen molar-refractivity contribution in [2.45, 2.75) is 6.54 Å². The molecule has 2 aromatic carbocycles. The minimum Gasteiger partial charge on any atom is -0.379 e. The van der Waals surface area contributed by atoms with Gasteiger partial charge in [-0.3, -0.25) is 0 Å². The third-order valence-corrected chi connectivity index (χ3v) is 3.26. The van der Waals surface area contributed by atoms with Crippen LogP contribution >= 0.6 is 15.9 Å². The molecule has 0 unspecified atom stereocenters. The molecule has 18 heavy (non-hydrogen) atoms. The Hall–Kier alpha value is -1.48. The lowest BCUT2D eigenvalue weighted by Crippen LogP contribution is -2.12. The van der Waals surface area contributed by atoms with E-state index in [0.29, 0.717) is 0 Å². The van der Waals surface area contributed by atoms with Crippen molar-refractivity contribution in [3.63, 3.8) is 0 Å². The monoisotopic (exact) mass is 304 g/mol. The van der Waals surface area contributed by atoms with Crippen molar-refractivity contribution in [2.75, 3.05) is 24.3 Å². The number of halogens is 1. The van der Waals surface area contributed by atoms with Crippen molar-refractivity contribution in [3.8, 4) is 0 Å². The standard InChI is InChI=1S/C15H17BrN2/c1-18(2)15-9-8-13(16)10-14(15)17-11-12-6-4-3-5-7-12/h3-10,17H,11H2,1-2H3. The predicted octanol–water partition coefficient (Wildman–Crippen LogP) is 4.13. The molecule has 0 saturated heterocycles. The van der Waals surface area contributed by atoms with Gasteiger partial charge in [-0.05, 0) is 23.8 Å². The quantitative estimate of drug-likeness (QED) is 0.914. The van der Waals surface area contributed by atoms with E-state index in [9.17, 15) is 0 Å². The van der Waals surface area contributed by atoms with Crippen molar-refractivity contribution in [3.05, 3.63) is 58.6 Å². The Morgan fingerprint density at radius 1 is 1.06 bits per heavy atom. The molecule has 0 aliphatic carbocycles. The van der Waals surface area contributed by atoms with E-state index >= 15 is 0 Å². The Bertz CT molecular complexity index is 509. The van der Waals surface area contributed by atoms with Crippen LogP contribution in [0.1, 0.15) is 5.56 Å². The molecule has 0 spiro atoms. The first-order chi connectivity index (χ1) is 8.66. The van der Waals surface area contributed by atoms with Crippen LogP contribution in [0.5, 0.6) is 0 Å². The summed E-state index contributed by atoms with van der Waals surface area (Å²) in [5.74, 6) is 0. The third-order valence-electron chi connectivity index (χ3n) is 2.77. The largest absolute Gasteiger partial charge is 0.379 e. The Balaban J connectivity index is 2.15. The molecule has 1 N–H and O–H groups in total. The number of anilines is 2. The van der Waals surface area contributed by atoms with E-state index in [-0.39, 0.29) is 0 Å². The van der Waals surface area contributed by atoms with Crippen LogP contribution in [0.3, 0.4) is 0 Å². The average Bonchev–Trinajstić information content (AvgIpc) is 2.37. The predicted molar refractivity (Wildman–Crippen MR) is 82.2 cm³/mol. The Kier molecular flexibility index (Phi) is 4.26. The van der Waals surface area contributed by atoms with Crippen molar-refractivity contribution in [1.29, 1.82) is 0 Å². The molecule has 2 nitrogen and oxygen atoms in total. The second kappa shape index (κ2) is 5.91. The molecule has 0 saturated carbocycles. The van der Waals surface area contributed by atoms with Crippen LogP contribution in [-0.4, -0.2) is 14.1 Å². The highest BCUT2D eigenvalue weighted by molar-refractivity contribution is 9.10.